The van der Waals surface area contributed by atoms with Crippen LogP contribution in [0.5, 0.6) is 0 Å². The summed E-state index contributed by atoms with van der Waals surface area (Å²) in [4.78, 5) is 12.7. The summed E-state index contributed by atoms with van der Waals surface area (Å²) >= 11 is 13.5. The van der Waals surface area contributed by atoms with E-state index in [9.17, 15) is 17.6 Å². The van der Waals surface area contributed by atoms with E-state index in [0.29, 0.717) is 27.7 Å². The molecule has 5 aromatic rings. The first-order valence-corrected chi connectivity index (χ1v) is 15.4. The van der Waals surface area contributed by atoms with Crippen LogP contribution in [0.15, 0.2) is 59.5 Å². The largest absolute Gasteiger partial charge is 0.339 e. The van der Waals surface area contributed by atoms with E-state index in [4.69, 9.17) is 23.2 Å². The summed E-state index contributed by atoms with van der Waals surface area (Å²) in [6.45, 7) is 0.431. The highest BCUT2D eigenvalue weighted by molar-refractivity contribution is 7.90. The molecule has 0 fully saturated rings. The number of nitrogens with zero attached hydrogens (tertiary/aromatic N) is 3. The van der Waals surface area contributed by atoms with Crippen molar-refractivity contribution in [2.24, 2.45) is 0 Å². The number of rotatable bonds is 6. The van der Waals surface area contributed by atoms with Gasteiger partial charge in [-0.2, -0.15) is 8.75 Å². The molecular formula is C28H21Cl2FN4O3S2. The minimum atomic E-state index is -4.22. The van der Waals surface area contributed by atoms with Crippen molar-refractivity contribution in [3.05, 3.63) is 92.9 Å². The zero-order valence-corrected chi connectivity index (χ0v) is 24.0. The maximum atomic E-state index is 14.9. The van der Waals surface area contributed by atoms with E-state index < -0.39 is 21.7 Å². The quantitative estimate of drug-likeness (QED) is 0.219. The second-order valence-electron chi connectivity index (χ2n) is 9.54. The van der Waals surface area contributed by atoms with E-state index >= 15 is 0 Å². The third-order valence-electron chi connectivity index (χ3n) is 7.00. The van der Waals surface area contributed by atoms with Crippen LogP contribution in [0.4, 0.5) is 4.39 Å². The summed E-state index contributed by atoms with van der Waals surface area (Å²) in [5.41, 5.74) is 4.85. The van der Waals surface area contributed by atoms with Crippen LogP contribution in [0.3, 0.4) is 0 Å². The molecule has 7 nitrogen and oxygen atoms in total. The molecule has 0 bridgehead atoms. The number of halogens is 3. The van der Waals surface area contributed by atoms with Gasteiger partial charge in [-0.1, -0.05) is 35.3 Å². The molecule has 0 saturated heterocycles. The van der Waals surface area contributed by atoms with Gasteiger partial charge in [0.25, 0.3) is 15.9 Å². The average molecular weight is 616 g/mol. The number of nitrogens with one attached hydrogen (secondary N) is 1. The Morgan fingerprint density at radius 2 is 1.93 bits per heavy atom. The summed E-state index contributed by atoms with van der Waals surface area (Å²) in [5, 5.41) is 1.82. The van der Waals surface area contributed by atoms with Crippen molar-refractivity contribution in [1.29, 1.82) is 0 Å². The summed E-state index contributed by atoms with van der Waals surface area (Å²) in [6, 6.07) is 12.7. The number of amides is 1. The van der Waals surface area contributed by atoms with Crippen LogP contribution >= 0.6 is 34.9 Å². The van der Waals surface area contributed by atoms with Gasteiger partial charge in [0.15, 0.2) is 0 Å². The third-order valence-corrected chi connectivity index (χ3v) is 9.50. The molecule has 0 aliphatic heterocycles. The Hall–Kier alpha value is -3.31. The van der Waals surface area contributed by atoms with Gasteiger partial charge >= 0.3 is 0 Å². The second kappa shape index (κ2) is 10.6. The summed E-state index contributed by atoms with van der Waals surface area (Å²) in [5.74, 6) is -1.32. The number of aryl methyl sites for hydroxylation is 1. The lowest BCUT2D eigenvalue weighted by atomic mass is 9.95. The van der Waals surface area contributed by atoms with Gasteiger partial charge in [0.2, 0.25) is 0 Å². The number of carbonyl (C=O) groups is 1. The zero-order chi connectivity index (χ0) is 28.0. The Balaban J connectivity index is 1.39. The fraction of sp³-hybridized carbons (Fsp3) is 0.179. The van der Waals surface area contributed by atoms with Gasteiger partial charge in [0.05, 0.1) is 17.2 Å². The Morgan fingerprint density at radius 3 is 2.75 bits per heavy atom. The molecule has 1 amide bonds. The average Bonchev–Trinajstić information content (AvgIpc) is 3.52. The number of benzene rings is 3. The van der Waals surface area contributed by atoms with Crippen LogP contribution < -0.4 is 4.72 Å². The maximum absolute atomic E-state index is 14.9. The van der Waals surface area contributed by atoms with E-state index in [-0.39, 0.29) is 10.4 Å². The molecule has 1 aliphatic rings. The highest BCUT2D eigenvalue weighted by Crippen LogP contribution is 2.36. The van der Waals surface area contributed by atoms with Crippen LogP contribution in [-0.4, -0.2) is 27.6 Å². The first-order valence-electron chi connectivity index (χ1n) is 12.4. The van der Waals surface area contributed by atoms with Gasteiger partial charge in [-0.25, -0.2) is 17.5 Å². The number of fused-ring (bicyclic) bond motifs is 4. The lowest BCUT2D eigenvalue weighted by Crippen LogP contribution is -2.29. The Morgan fingerprint density at radius 1 is 1.10 bits per heavy atom. The number of aromatic nitrogens is 3. The van der Waals surface area contributed by atoms with Crippen molar-refractivity contribution in [1.82, 2.24) is 18.0 Å². The van der Waals surface area contributed by atoms with Gasteiger partial charge in [0.1, 0.15) is 21.7 Å². The minimum Gasteiger partial charge on any atom is -0.339 e. The summed E-state index contributed by atoms with van der Waals surface area (Å²) < 4.78 is 53.0. The number of hydrogen-bond acceptors (Lipinski definition) is 6. The van der Waals surface area contributed by atoms with Crippen molar-refractivity contribution >= 4 is 78.9 Å². The van der Waals surface area contributed by atoms with Crippen LogP contribution in [0.2, 0.25) is 10.0 Å². The molecule has 1 N–H and O–H groups in total. The van der Waals surface area contributed by atoms with Gasteiger partial charge < -0.3 is 4.57 Å². The molecule has 12 heteroatoms. The monoisotopic (exact) mass is 614 g/mol. The molecule has 0 atom stereocenters. The maximum Gasteiger partial charge on any atom is 0.266 e. The Kier molecular flexibility index (Phi) is 7.12. The van der Waals surface area contributed by atoms with E-state index in [1.807, 2.05) is 6.07 Å². The molecule has 204 valence electrons. The van der Waals surface area contributed by atoms with Gasteiger partial charge in [-0.05, 0) is 79.3 Å². The molecule has 0 saturated carbocycles. The number of hydrogen-bond donors (Lipinski definition) is 1. The molecule has 0 unspecified atom stereocenters. The highest BCUT2D eigenvalue weighted by atomic mass is 35.5. The normalized spacial score (nSPS) is 13.8. The van der Waals surface area contributed by atoms with Crippen molar-refractivity contribution in [2.75, 3.05) is 0 Å². The van der Waals surface area contributed by atoms with Crippen molar-refractivity contribution in [3.8, 4) is 0 Å². The lowest BCUT2D eigenvalue weighted by Gasteiger charge is -2.17. The van der Waals surface area contributed by atoms with Gasteiger partial charge in [-0.15, -0.1) is 0 Å². The molecular weight excluding hydrogens is 594 g/mol. The first-order chi connectivity index (χ1) is 19.2. The molecule has 1 aliphatic carbocycles. The predicted molar refractivity (Wildman–Crippen MR) is 156 cm³/mol. The van der Waals surface area contributed by atoms with E-state index in [2.05, 4.69) is 18.0 Å². The second-order valence-corrected chi connectivity index (χ2v) is 12.6. The molecule has 3 aromatic carbocycles. The van der Waals surface area contributed by atoms with E-state index in [1.165, 1.54) is 30.3 Å². The standard InChI is InChI=1S/C28H21Cl2FN4O3S2/c29-18-10-8-17(22(30)13-18)15-35-24-6-2-1-4-20(24)21-14-19(31)12-16(28(21)35)9-11-26(36)34-40(37,38)25-7-3-5-23-27(25)33-39-32-23/h3,5,7-14H,1-2,4,6,15H2,(H,34,36)/b11-9+. The van der Waals surface area contributed by atoms with E-state index in [1.54, 1.807) is 18.2 Å². The first kappa shape index (κ1) is 26.9. The van der Waals surface area contributed by atoms with Gasteiger partial charge in [-0.3, -0.25) is 4.79 Å². The van der Waals surface area contributed by atoms with Gasteiger partial charge in [0, 0.05) is 39.3 Å². The van der Waals surface area contributed by atoms with Crippen LogP contribution in [-0.2, 0) is 34.2 Å². The van der Waals surface area contributed by atoms with Crippen molar-refractivity contribution < 1.29 is 17.6 Å². The summed E-state index contributed by atoms with van der Waals surface area (Å²) in [6.07, 6.45) is 6.18. The predicted octanol–water partition coefficient (Wildman–Crippen LogP) is 6.54. The van der Waals surface area contributed by atoms with Crippen LogP contribution in [0, 0.1) is 5.82 Å². The minimum absolute atomic E-state index is 0.143. The SMILES string of the molecule is O=C(/C=C/c1cc(F)cc2c3c(n(Cc4ccc(Cl)cc4Cl)c12)CCCC3)NS(=O)(=O)c1cccc2nsnc12. The zero-order valence-electron chi connectivity index (χ0n) is 20.8. The molecule has 2 heterocycles. The summed E-state index contributed by atoms with van der Waals surface area (Å²) in [7, 11) is -4.22. The fourth-order valence-corrected chi connectivity index (χ4v) is 7.45. The van der Waals surface area contributed by atoms with Crippen LogP contribution in [0.25, 0.3) is 28.0 Å². The van der Waals surface area contributed by atoms with Crippen molar-refractivity contribution in [3.63, 3.8) is 0 Å². The lowest BCUT2D eigenvalue weighted by molar-refractivity contribution is -0.114. The smallest absolute Gasteiger partial charge is 0.266 e. The topological polar surface area (TPSA) is 94.0 Å². The van der Waals surface area contributed by atoms with Crippen LogP contribution in [0.1, 0.15) is 35.2 Å². The Labute approximate surface area is 243 Å². The number of carbonyl (C=O) groups excluding carboxylic acids is 1. The Bertz CT molecular complexity index is 1950. The molecule has 6 rings (SSSR count). The molecule has 0 spiro atoms. The van der Waals surface area contributed by atoms with Crippen molar-refractivity contribution in [2.45, 2.75) is 37.1 Å². The molecule has 40 heavy (non-hydrogen) atoms. The third kappa shape index (κ3) is 5.01. The fourth-order valence-electron chi connectivity index (χ4n) is 5.27. The number of sulfonamides is 1. The molecule has 0 radical (unpaired) electrons. The van der Waals surface area contributed by atoms with E-state index in [0.717, 1.165) is 71.2 Å². The highest BCUT2D eigenvalue weighted by Gasteiger charge is 2.24. The molecule has 2 aromatic heterocycles.